The molecule has 0 spiro atoms. The van der Waals surface area contributed by atoms with E-state index >= 15 is 0 Å². The molecule has 2 N–H and O–H groups in total. The van der Waals surface area contributed by atoms with Crippen molar-refractivity contribution >= 4 is 11.6 Å². The molecule has 1 heterocycles. The number of nitrogens with zero attached hydrogens (tertiary/aromatic N) is 3. The second-order valence-corrected chi connectivity index (χ2v) is 5.51. The lowest BCUT2D eigenvalue weighted by Gasteiger charge is -2.13. The van der Waals surface area contributed by atoms with Gasteiger partial charge in [-0.2, -0.15) is 4.98 Å². The number of aromatic nitrogens is 2. The van der Waals surface area contributed by atoms with Gasteiger partial charge in [0, 0.05) is 11.6 Å². The summed E-state index contributed by atoms with van der Waals surface area (Å²) in [6.07, 6.45) is -0.378. The van der Waals surface area contributed by atoms with Crippen molar-refractivity contribution in [3.63, 3.8) is 0 Å². The van der Waals surface area contributed by atoms with E-state index in [-0.39, 0.29) is 12.1 Å². The lowest BCUT2D eigenvalue weighted by atomic mass is 10.3. The Morgan fingerprint density at radius 2 is 2.19 bits per heavy atom. The van der Waals surface area contributed by atoms with Gasteiger partial charge in [0.1, 0.15) is 5.75 Å². The summed E-state index contributed by atoms with van der Waals surface area (Å²) in [5.74, 6) is 1.51. The van der Waals surface area contributed by atoms with Crippen LogP contribution in [0, 0.1) is 0 Å². The average Bonchev–Trinajstić information content (AvgIpc) is 2.87. The van der Waals surface area contributed by atoms with Gasteiger partial charge in [0.15, 0.2) is 11.9 Å². The fourth-order valence-electron chi connectivity index (χ4n) is 1.83. The number of rotatable bonds is 6. The Balaban J connectivity index is 2.03. The van der Waals surface area contributed by atoms with Crippen molar-refractivity contribution in [3.05, 3.63) is 41.0 Å². The van der Waals surface area contributed by atoms with E-state index in [2.05, 4.69) is 10.1 Å². The number of benzene rings is 1. The summed E-state index contributed by atoms with van der Waals surface area (Å²) in [6, 6.07) is 6.85. The molecule has 0 bridgehead atoms. The Morgan fingerprint density at radius 1 is 1.43 bits per heavy atom. The van der Waals surface area contributed by atoms with E-state index in [1.165, 1.54) is 0 Å². The van der Waals surface area contributed by atoms with Crippen LogP contribution < -0.4 is 10.5 Å². The average molecular weight is 311 g/mol. The lowest BCUT2D eigenvalue weighted by Crippen LogP contribution is -2.26. The zero-order chi connectivity index (χ0) is 15.4. The summed E-state index contributed by atoms with van der Waals surface area (Å²) in [4.78, 5) is 6.26. The molecule has 21 heavy (non-hydrogen) atoms. The van der Waals surface area contributed by atoms with E-state index in [0.29, 0.717) is 29.0 Å². The lowest BCUT2D eigenvalue weighted by molar-refractivity contribution is 0.175. The van der Waals surface area contributed by atoms with E-state index in [1.54, 1.807) is 12.1 Å². The SMILES string of the molecule is CC(Oc1cccc(Cl)c1)c1nc(C(N)CN(C)C)no1. The first kappa shape index (κ1) is 15.8. The highest BCUT2D eigenvalue weighted by Crippen LogP contribution is 2.23. The molecule has 1 aromatic carbocycles. The van der Waals surface area contributed by atoms with E-state index in [1.807, 2.05) is 38.1 Å². The molecule has 1 aromatic heterocycles. The van der Waals surface area contributed by atoms with Crippen LogP contribution in [0.15, 0.2) is 28.8 Å². The second-order valence-electron chi connectivity index (χ2n) is 5.08. The fraction of sp³-hybridized carbons (Fsp3) is 0.429. The van der Waals surface area contributed by atoms with Gasteiger partial charge in [-0.15, -0.1) is 0 Å². The molecular weight excluding hydrogens is 292 g/mol. The molecule has 2 rings (SSSR count). The van der Waals surface area contributed by atoms with E-state index in [0.717, 1.165) is 0 Å². The van der Waals surface area contributed by atoms with Gasteiger partial charge in [0.25, 0.3) is 5.89 Å². The number of hydrogen-bond acceptors (Lipinski definition) is 6. The van der Waals surface area contributed by atoms with Crippen LogP contribution in [0.4, 0.5) is 0 Å². The predicted octanol–water partition coefficient (Wildman–Crippen LogP) is 2.42. The number of likely N-dealkylation sites (N-methyl/N-ethyl adjacent to an activating group) is 1. The van der Waals surface area contributed by atoms with Crippen LogP contribution in [0.2, 0.25) is 5.02 Å². The molecule has 114 valence electrons. The van der Waals surface area contributed by atoms with Gasteiger partial charge in [-0.1, -0.05) is 22.8 Å². The Labute approximate surface area is 128 Å². The Kier molecular flexibility index (Phi) is 5.17. The van der Waals surface area contributed by atoms with E-state index in [9.17, 15) is 0 Å². The van der Waals surface area contributed by atoms with Gasteiger partial charge in [-0.25, -0.2) is 0 Å². The van der Waals surface area contributed by atoms with E-state index < -0.39 is 0 Å². The first-order valence-corrected chi connectivity index (χ1v) is 6.99. The normalized spacial score (nSPS) is 14.2. The van der Waals surface area contributed by atoms with Gasteiger partial charge in [-0.3, -0.25) is 0 Å². The molecule has 0 fully saturated rings. The van der Waals surface area contributed by atoms with Crippen molar-refractivity contribution in [1.82, 2.24) is 15.0 Å². The van der Waals surface area contributed by atoms with Gasteiger partial charge in [0.05, 0.1) is 6.04 Å². The van der Waals surface area contributed by atoms with Crippen LogP contribution in [-0.4, -0.2) is 35.7 Å². The van der Waals surface area contributed by atoms with Gasteiger partial charge in [0.2, 0.25) is 0 Å². The first-order chi connectivity index (χ1) is 9.95. The molecule has 0 aliphatic rings. The van der Waals surface area contributed by atoms with Crippen LogP contribution in [0.3, 0.4) is 0 Å². The zero-order valence-electron chi connectivity index (χ0n) is 12.3. The third-order valence-electron chi connectivity index (χ3n) is 2.81. The maximum absolute atomic E-state index is 6.00. The van der Waals surface area contributed by atoms with Crippen molar-refractivity contribution in [2.24, 2.45) is 5.73 Å². The summed E-state index contributed by atoms with van der Waals surface area (Å²) in [5, 5.41) is 4.52. The highest BCUT2D eigenvalue weighted by molar-refractivity contribution is 6.30. The highest BCUT2D eigenvalue weighted by atomic mass is 35.5. The van der Waals surface area contributed by atoms with Crippen LogP contribution in [0.5, 0.6) is 5.75 Å². The molecule has 0 amide bonds. The summed E-state index contributed by atoms with van der Waals surface area (Å²) < 4.78 is 10.9. The molecule has 0 saturated heterocycles. The molecular formula is C14H19ClN4O2. The second kappa shape index (κ2) is 6.89. The third-order valence-corrected chi connectivity index (χ3v) is 3.04. The number of halogens is 1. The van der Waals surface area contributed by atoms with Crippen molar-refractivity contribution in [1.29, 1.82) is 0 Å². The monoisotopic (exact) mass is 310 g/mol. The summed E-state index contributed by atoms with van der Waals surface area (Å²) >= 11 is 5.92. The van der Waals surface area contributed by atoms with Gasteiger partial charge < -0.3 is 19.9 Å². The topological polar surface area (TPSA) is 77.4 Å². The maximum atomic E-state index is 6.00. The maximum Gasteiger partial charge on any atom is 0.267 e. The largest absolute Gasteiger partial charge is 0.481 e. The van der Waals surface area contributed by atoms with Crippen LogP contribution in [0.1, 0.15) is 30.8 Å². The molecule has 0 radical (unpaired) electrons. The molecule has 2 aromatic rings. The number of hydrogen-bond donors (Lipinski definition) is 1. The van der Waals surface area contributed by atoms with Crippen molar-refractivity contribution in [2.75, 3.05) is 20.6 Å². The molecule has 0 aliphatic carbocycles. The van der Waals surface area contributed by atoms with E-state index in [4.69, 9.17) is 26.6 Å². The molecule has 2 atom stereocenters. The number of nitrogens with two attached hydrogens (primary N) is 1. The Hall–Kier alpha value is -1.63. The molecule has 0 aliphatic heterocycles. The summed E-state index contributed by atoms with van der Waals surface area (Å²) in [5.41, 5.74) is 6.00. The Morgan fingerprint density at radius 3 is 2.86 bits per heavy atom. The van der Waals surface area contributed by atoms with Crippen LogP contribution in [-0.2, 0) is 0 Å². The van der Waals surface area contributed by atoms with Crippen molar-refractivity contribution < 1.29 is 9.26 Å². The molecule has 0 saturated carbocycles. The Bertz CT molecular complexity index is 588. The minimum atomic E-state index is -0.378. The zero-order valence-corrected chi connectivity index (χ0v) is 13.0. The fourth-order valence-corrected chi connectivity index (χ4v) is 2.01. The van der Waals surface area contributed by atoms with Crippen LogP contribution >= 0.6 is 11.6 Å². The molecule has 6 nitrogen and oxygen atoms in total. The summed E-state index contributed by atoms with van der Waals surface area (Å²) in [6.45, 7) is 2.47. The van der Waals surface area contributed by atoms with Gasteiger partial charge >= 0.3 is 0 Å². The molecule has 7 heteroatoms. The number of ether oxygens (including phenoxy) is 1. The van der Waals surface area contributed by atoms with Crippen molar-refractivity contribution in [2.45, 2.75) is 19.1 Å². The highest BCUT2D eigenvalue weighted by Gasteiger charge is 2.19. The molecule has 2 unspecified atom stereocenters. The predicted molar refractivity (Wildman–Crippen MR) is 80.3 cm³/mol. The minimum absolute atomic E-state index is 0.295. The quantitative estimate of drug-likeness (QED) is 0.883. The minimum Gasteiger partial charge on any atom is -0.481 e. The van der Waals surface area contributed by atoms with Crippen LogP contribution in [0.25, 0.3) is 0 Å². The van der Waals surface area contributed by atoms with Crippen molar-refractivity contribution in [3.8, 4) is 5.75 Å². The summed E-state index contributed by atoms with van der Waals surface area (Å²) in [7, 11) is 3.87. The van der Waals surface area contributed by atoms with Gasteiger partial charge in [-0.05, 0) is 39.2 Å². The third kappa shape index (κ3) is 4.42. The first-order valence-electron chi connectivity index (χ1n) is 6.61. The smallest absolute Gasteiger partial charge is 0.267 e. The standard InChI is InChI=1S/C14H19ClN4O2/c1-9(20-11-6-4-5-10(15)7-11)14-17-13(18-21-14)12(16)8-19(2)3/h4-7,9,12H,8,16H2,1-3H3.